The van der Waals surface area contributed by atoms with E-state index in [9.17, 15) is 14.0 Å². The van der Waals surface area contributed by atoms with Crippen molar-refractivity contribution in [3.05, 3.63) is 28.5 Å². The molecule has 1 saturated heterocycles. The molecule has 0 aromatic heterocycles. The van der Waals surface area contributed by atoms with Crippen molar-refractivity contribution in [1.29, 1.82) is 0 Å². The predicted octanol–water partition coefficient (Wildman–Crippen LogP) is 1.65. The van der Waals surface area contributed by atoms with Gasteiger partial charge in [0.2, 0.25) is 5.91 Å². The third-order valence-corrected chi connectivity index (χ3v) is 3.52. The first-order valence-electron chi connectivity index (χ1n) is 5.19. The topological polar surface area (TPSA) is 49.4 Å². The van der Waals surface area contributed by atoms with Crippen molar-refractivity contribution in [2.24, 2.45) is 0 Å². The monoisotopic (exact) mass is 254 g/mol. The highest BCUT2D eigenvalue weighted by atomic mass is 35.5. The van der Waals surface area contributed by atoms with E-state index in [2.05, 4.69) is 5.32 Å². The van der Waals surface area contributed by atoms with Gasteiger partial charge in [-0.2, -0.15) is 0 Å². The minimum atomic E-state index is -0.660. The summed E-state index contributed by atoms with van der Waals surface area (Å²) < 4.78 is 13.3. The minimum Gasteiger partial charge on any atom is -0.326 e. The highest BCUT2D eigenvalue weighted by Gasteiger charge is 2.42. The van der Waals surface area contributed by atoms with Gasteiger partial charge in [0.15, 0.2) is 0 Å². The number of nitrogens with zero attached hydrogens (tertiary/aromatic N) is 1. The van der Waals surface area contributed by atoms with Crippen LogP contribution in [0.4, 0.5) is 10.1 Å². The molecular formula is C11H8ClFN2O2. The van der Waals surface area contributed by atoms with Crippen LogP contribution in [0.25, 0.3) is 0 Å². The maximum absolute atomic E-state index is 13.3. The van der Waals surface area contributed by atoms with Gasteiger partial charge in [0.05, 0.1) is 16.3 Å². The first-order valence-corrected chi connectivity index (χ1v) is 5.57. The second-order valence-corrected chi connectivity index (χ2v) is 4.45. The lowest BCUT2D eigenvalue weighted by Gasteiger charge is -2.37. The van der Waals surface area contributed by atoms with Crippen LogP contribution in [0.5, 0.6) is 0 Å². The minimum absolute atomic E-state index is 0.0437. The fourth-order valence-electron chi connectivity index (χ4n) is 2.13. The number of fused-ring (bicyclic) bond motifs is 2. The summed E-state index contributed by atoms with van der Waals surface area (Å²) in [5.74, 6) is -1.29. The Bertz CT molecular complexity index is 547. The summed E-state index contributed by atoms with van der Waals surface area (Å²) in [6, 6.07) is 2.05. The van der Waals surface area contributed by atoms with Crippen LogP contribution in [0.3, 0.4) is 0 Å². The number of benzene rings is 1. The Morgan fingerprint density at radius 1 is 1.41 bits per heavy atom. The number of carbonyl (C=O) groups is 2. The second-order valence-electron chi connectivity index (χ2n) is 4.08. The SMILES string of the molecule is O=C1Nc2ccc(F)c(Cl)c2C(=O)N2CC[C@@H]12. The van der Waals surface area contributed by atoms with Crippen LogP contribution in [0.2, 0.25) is 5.02 Å². The Balaban J connectivity index is 2.19. The first-order chi connectivity index (χ1) is 8.09. The van der Waals surface area contributed by atoms with Gasteiger partial charge in [0.1, 0.15) is 11.9 Å². The number of rotatable bonds is 0. The van der Waals surface area contributed by atoms with Crippen molar-refractivity contribution in [3.63, 3.8) is 0 Å². The predicted molar refractivity (Wildman–Crippen MR) is 59.5 cm³/mol. The summed E-state index contributed by atoms with van der Waals surface area (Å²) >= 11 is 5.79. The quantitative estimate of drug-likeness (QED) is 0.765. The highest BCUT2D eigenvalue weighted by molar-refractivity contribution is 6.35. The molecule has 1 fully saturated rings. The molecule has 17 heavy (non-hydrogen) atoms. The lowest BCUT2D eigenvalue weighted by molar-refractivity contribution is -0.123. The van der Waals surface area contributed by atoms with Crippen LogP contribution in [0, 0.1) is 5.82 Å². The van der Waals surface area contributed by atoms with Crippen LogP contribution in [0.15, 0.2) is 12.1 Å². The zero-order chi connectivity index (χ0) is 12.2. The Morgan fingerprint density at radius 3 is 2.82 bits per heavy atom. The maximum Gasteiger partial charge on any atom is 0.258 e. The molecule has 0 unspecified atom stereocenters. The molecule has 0 spiro atoms. The van der Waals surface area contributed by atoms with E-state index in [-0.39, 0.29) is 28.1 Å². The Hall–Kier alpha value is -1.62. The van der Waals surface area contributed by atoms with Gasteiger partial charge in [-0.05, 0) is 18.6 Å². The van der Waals surface area contributed by atoms with E-state index in [1.807, 2.05) is 0 Å². The number of hydrogen-bond donors (Lipinski definition) is 1. The Morgan fingerprint density at radius 2 is 2.18 bits per heavy atom. The van der Waals surface area contributed by atoms with Gasteiger partial charge < -0.3 is 10.2 Å². The number of anilines is 1. The molecule has 2 aliphatic heterocycles. The van der Waals surface area contributed by atoms with E-state index in [1.54, 1.807) is 0 Å². The second kappa shape index (κ2) is 3.43. The maximum atomic E-state index is 13.3. The van der Waals surface area contributed by atoms with E-state index in [0.29, 0.717) is 13.0 Å². The zero-order valence-electron chi connectivity index (χ0n) is 8.67. The third kappa shape index (κ3) is 1.35. The normalized spacial score (nSPS) is 22.2. The van der Waals surface area contributed by atoms with Gasteiger partial charge in [-0.15, -0.1) is 0 Å². The van der Waals surface area contributed by atoms with Gasteiger partial charge in [-0.25, -0.2) is 4.39 Å². The summed E-state index contributed by atoms with van der Waals surface area (Å²) in [5, 5.41) is 2.36. The molecule has 1 aromatic rings. The summed E-state index contributed by atoms with van der Waals surface area (Å²) in [7, 11) is 0. The van der Waals surface area contributed by atoms with Gasteiger partial charge in [-0.1, -0.05) is 11.6 Å². The largest absolute Gasteiger partial charge is 0.326 e. The average molecular weight is 255 g/mol. The lowest BCUT2D eigenvalue weighted by atomic mass is 10.0. The van der Waals surface area contributed by atoms with Crippen molar-refractivity contribution >= 4 is 29.1 Å². The molecule has 0 bridgehead atoms. The Kier molecular flexibility index (Phi) is 2.13. The molecule has 0 radical (unpaired) electrons. The molecule has 88 valence electrons. The standard InChI is InChI=1S/C11H8ClFN2O2/c12-9-5(13)1-2-6-8(9)11(17)15-4-3-7(15)10(16)14-6/h1-2,7H,3-4H2,(H,14,16)/t7-/m0/s1. The van der Waals surface area contributed by atoms with E-state index in [0.717, 1.165) is 6.07 Å². The van der Waals surface area contributed by atoms with Gasteiger partial charge in [0, 0.05) is 6.54 Å². The van der Waals surface area contributed by atoms with Gasteiger partial charge in [-0.3, -0.25) is 9.59 Å². The van der Waals surface area contributed by atoms with Crippen molar-refractivity contribution in [1.82, 2.24) is 4.90 Å². The molecule has 2 heterocycles. The third-order valence-electron chi connectivity index (χ3n) is 3.15. The number of halogens is 2. The van der Waals surface area contributed by atoms with Crippen LogP contribution >= 0.6 is 11.6 Å². The van der Waals surface area contributed by atoms with Crippen LogP contribution in [0.1, 0.15) is 16.8 Å². The number of nitrogens with one attached hydrogen (secondary N) is 1. The van der Waals surface area contributed by atoms with Crippen molar-refractivity contribution in [2.75, 3.05) is 11.9 Å². The zero-order valence-corrected chi connectivity index (χ0v) is 9.42. The van der Waals surface area contributed by atoms with Crippen molar-refractivity contribution in [2.45, 2.75) is 12.5 Å². The fraction of sp³-hybridized carbons (Fsp3) is 0.273. The molecule has 6 heteroatoms. The summed E-state index contributed by atoms with van der Waals surface area (Å²) in [6.07, 6.45) is 0.631. The van der Waals surface area contributed by atoms with E-state index in [1.165, 1.54) is 11.0 Å². The molecule has 4 nitrogen and oxygen atoms in total. The number of amides is 2. The van der Waals surface area contributed by atoms with E-state index >= 15 is 0 Å². The van der Waals surface area contributed by atoms with E-state index < -0.39 is 11.9 Å². The number of carbonyl (C=O) groups excluding carboxylic acids is 2. The molecule has 1 aromatic carbocycles. The van der Waals surface area contributed by atoms with Gasteiger partial charge in [0.25, 0.3) is 5.91 Å². The highest BCUT2D eigenvalue weighted by Crippen LogP contribution is 2.34. The summed E-state index contributed by atoms with van der Waals surface area (Å²) in [5.41, 5.74) is 0.322. The molecule has 0 aliphatic carbocycles. The average Bonchev–Trinajstić information content (AvgIpc) is 2.27. The van der Waals surface area contributed by atoms with Crippen LogP contribution in [-0.2, 0) is 4.79 Å². The molecule has 1 N–H and O–H groups in total. The first kappa shape index (κ1) is 10.5. The van der Waals surface area contributed by atoms with Crippen LogP contribution in [-0.4, -0.2) is 29.3 Å². The van der Waals surface area contributed by atoms with Gasteiger partial charge >= 0.3 is 0 Å². The molecule has 0 saturated carbocycles. The molecule has 1 atom stereocenters. The summed E-state index contributed by atoms with van der Waals surface area (Å²) in [6.45, 7) is 0.503. The molecule has 2 amide bonds. The number of hydrogen-bond acceptors (Lipinski definition) is 2. The van der Waals surface area contributed by atoms with Crippen molar-refractivity contribution < 1.29 is 14.0 Å². The van der Waals surface area contributed by atoms with E-state index in [4.69, 9.17) is 11.6 Å². The van der Waals surface area contributed by atoms with Crippen LogP contribution < -0.4 is 5.32 Å². The molecule has 2 aliphatic rings. The fourth-order valence-corrected chi connectivity index (χ4v) is 2.37. The lowest BCUT2D eigenvalue weighted by Crippen LogP contribution is -2.55. The molecular weight excluding hydrogens is 247 g/mol. The van der Waals surface area contributed by atoms with Crippen molar-refractivity contribution in [3.8, 4) is 0 Å². The molecule has 3 rings (SSSR count). The smallest absolute Gasteiger partial charge is 0.258 e. The summed E-state index contributed by atoms with van der Waals surface area (Å²) in [4.78, 5) is 25.2. The Labute approximate surface area is 101 Å².